The van der Waals surface area contributed by atoms with Crippen LogP contribution < -0.4 is 10.6 Å². The highest BCUT2D eigenvalue weighted by atomic mass is 15.0. The van der Waals surface area contributed by atoms with Gasteiger partial charge in [0.2, 0.25) is 0 Å². The second-order valence-electron chi connectivity index (χ2n) is 5.84. The van der Waals surface area contributed by atoms with Crippen molar-refractivity contribution < 1.29 is 0 Å². The Bertz CT molecular complexity index is 612. The Morgan fingerprint density at radius 3 is 2.70 bits per heavy atom. The molecule has 2 N–H and O–H groups in total. The first-order valence-electron chi connectivity index (χ1n) is 7.80. The second-order valence-corrected chi connectivity index (χ2v) is 5.84. The van der Waals surface area contributed by atoms with Crippen LogP contribution in [0.3, 0.4) is 0 Å². The highest BCUT2D eigenvalue weighted by Gasteiger charge is 2.16. The molecule has 2 aromatic rings. The molecule has 3 heteroatoms. The second kappa shape index (κ2) is 5.58. The van der Waals surface area contributed by atoms with Gasteiger partial charge in [-0.05, 0) is 55.6 Å². The Balaban J connectivity index is 2.03. The summed E-state index contributed by atoms with van der Waals surface area (Å²) in [5, 5.41) is 8.41. The van der Waals surface area contributed by atoms with Gasteiger partial charge in [-0.25, -0.2) is 0 Å². The molecule has 0 amide bonds. The number of nitrogens with zero attached hydrogens (tertiary/aromatic N) is 1. The van der Waals surface area contributed by atoms with E-state index in [-0.39, 0.29) is 0 Å². The zero-order chi connectivity index (χ0) is 14.1. The Kier molecular flexibility index (Phi) is 3.81. The molecule has 0 aliphatic carbocycles. The van der Waals surface area contributed by atoms with E-state index in [1.807, 2.05) is 0 Å². The lowest BCUT2D eigenvalue weighted by atomic mass is 10.0. The molecule has 1 unspecified atom stereocenters. The van der Waals surface area contributed by atoms with Crippen molar-refractivity contribution in [3.63, 3.8) is 0 Å². The molecule has 0 radical (unpaired) electrons. The maximum absolute atomic E-state index is 3.52. The summed E-state index contributed by atoms with van der Waals surface area (Å²) in [4.78, 5) is 0. The molecule has 2 heterocycles. The van der Waals surface area contributed by atoms with Crippen molar-refractivity contribution in [1.82, 2.24) is 15.2 Å². The van der Waals surface area contributed by atoms with Crippen LogP contribution in [0.4, 0.5) is 0 Å². The standard InChI is InChI=1S/C17H25N3/c1-4-19-12(3)6-15-11-20(5-2)17-8-14-10-18-9-13(14)7-16(15)17/h7-8,11-12,18-19H,4-6,9-10H2,1-3H3. The lowest BCUT2D eigenvalue weighted by Crippen LogP contribution is -2.27. The third-order valence-corrected chi connectivity index (χ3v) is 4.34. The Morgan fingerprint density at radius 1 is 1.25 bits per heavy atom. The summed E-state index contributed by atoms with van der Waals surface area (Å²) >= 11 is 0. The number of aryl methyl sites for hydroxylation is 1. The molecular weight excluding hydrogens is 246 g/mol. The van der Waals surface area contributed by atoms with Gasteiger partial charge in [-0.1, -0.05) is 6.92 Å². The van der Waals surface area contributed by atoms with Crippen molar-refractivity contribution in [2.24, 2.45) is 0 Å². The molecule has 0 spiro atoms. The minimum absolute atomic E-state index is 0.530. The molecule has 0 bridgehead atoms. The summed E-state index contributed by atoms with van der Waals surface area (Å²) in [5.41, 5.74) is 5.82. The summed E-state index contributed by atoms with van der Waals surface area (Å²) in [5.74, 6) is 0. The zero-order valence-electron chi connectivity index (χ0n) is 12.8. The third-order valence-electron chi connectivity index (χ3n) is 4.34. The van der Waals surface area contributed by atoms with Gasteiger partial charge in [0.25, 0.3) is 0 Å². The first-order chi connectivity index (χ1) is 9.72. The molecular formula is C17H25N3. The van der Waals surface area contributed by atoms with Crippen LogP contribution >= 0.6 is 0 Å². The van der Waals surface area contributed by atoms with Gasteiger partial charge in [-0.15, -0.1) is 0 Å². The van der Waals surface area contributed by atoms with E-state index in [1.54, 1.807) is 0 Å². The summed E-state index contributed by atoms with van der Waals surface area (Å²) in [6.45, 7) is 10.8. The van der Waals surface area contributed by atoms with Gasteiger partial charge in [-0.2, -0.15) is 0 Å². The molecule has 3 nitrogen and oxygen atoms in total. The molecule has 20 heavy (non-hydrogen) atoms. The highest BCUT2D eigenvalue weighted by Crippen LogP contribution is 2.28. The van der Waals surface area contributed by atoms with Crippen LogP contribution in [-0.4, -0.2) is 17.2 Å². The summed E-state index contributed by atoms with van der Waals surface area (Å²) in [6.07, 6.45) is 3.45. The molecule has 0 saturated carbocycles. The molecule has 0 saturated heterocycles. The van der Waals surface area contributed by atoms with Crippen molar-refractivity contribution >= 4 is 10.9 Å². The zero-order valence-corrected chi connectivity index (χ0v) is 12.8. The van der Waals surface area contributed by atoms with Gasteiger partial charge in [-0.3, -0.25) is 0 Å². The number of nitrogens with one attached hydrogen (secondary N) is 2. The largest absolute Gasteiger partial charge is 0.347 e. The average molecular weight is 271 g/mol. The number of fused-ring (bicyclic) bond motifs is 2. The van der Waals surface area contributed by atoms with Gasteiger partial charge >= 0.3 is 0 Å². The molecule has 1 aromatic heterocycles. The van der Waals surface area contributed by atoms with Gasteiger partial charge in [0.15, 0.2) is 0 Å². The topological polar surface area (TPSA) is 29.0 Å². The Labute approximate surface area is 121 Å². The third kappa shape index (κ3) is 2.36. The van der Waals surface area contributed by atoms with Crippen molar-refractivity contribution in [3.8, 4) is 0 Å². The lowest BCUT2D eigenvalue weighted by Gasteiger charge is -2.11. The molecule has 108 valence electrons. The smallest absolute Gasteiger partial charge is 0.0486 e. The van der Waals surface area contributed by atoms with E-state index in [2.05, 4.69) is 54.3 Å². The van der Waals surface area contributed by atoms with Crippen molar-refractivity contribution in [3.05, 3.63) is 35.0 Å². The lowest BCUT2D eigenvalue weighted by molar-refractivity contribution is 0.566. The number of aromatic nitrogens is 1. The van der Waals surface area contributed by atoms with E-state index in [0.717, 1.165) is 32.6 Å². The molecule has 0 fully saturated rings. The molecule has 1 atom stereocenters. The first-order valence-corrected chi connectivity index (χ1v) is 7.80. The van der Waals surface area contributed by atoms with E-state index < -0.39 is 0 Å². The summed E-state index contributed by atoms with van der Waals surface area (Å²) < 4.78 is 2.39. The van der Waals surface area contributed by atoms with Crippen molar-refractivity contribution in [1.29, 1.82) is 0 Å². The average Bonchev–Trinajstić information content (AvgIpc) is 3.01. The van der Waals surface area contributed by atoms with Gasteiger partial charge in [0.1, 0.15) is 0 Å². The van der Waals surface area contributed by atoms with Crippen LogP contribution in [0.15, 0.2) is 18.3 Å². The van der Waals surface area contributed by atoms with E-state index in [0.29, 0.717) is 6.04 Å². The molecule has 3 rings (SSSR count). The predicted molar refractivity (Wildman–Crippen MR) is 85.0 cm³/mol. The maximum Gasteiger partial charge on any atom is 0.0486 e. The normalized spacial score (nSPS) is 15.8. The van der Waals surface area contributed by atoms with E-state index in [9.17, 15) is 0 Å². The van der Waals surface area contributed by atoms with Crippen LogP contribution in [0.25, 0.3) is 10.9 Å². The van der Waals surface area contributed by atoms with Crippen LogP contribution in [-0.2, 0) is 26.1 Å². The number of rotatable bonds is 5. The highest BCUT2D eigenvalue weighted by molar-refractivity contribution is 5.86. The van der Waals surface area contributed by atoms with Crippen LogP contribution in [0.1, 0.15) is 37.5 Å². The first kappa shape index (κ1) is 13.7. The van der Waals surface area contributed by atoms with Crippen molar-refractivity contribution in [2.75, 3.05) is 6.54 Å². The maximum atomic E-state index is 3.52. The Hall–Kier alpha value is -1.32. The molecule has 1 aliphatic rings. The number of hydrogen-bond acceptors (Lipinski definition) is 2. The van der Waals surface area contributed by atoms with Crippen LogP contribution in [0.5, 0.6) is 0 Å². The van der Waals surface area contributed by atoms with E-state index >= 15 is 0 Å². The summed E-state index contributed by atoms with van der Waals surface area (Å²) in [6, 6.07) is 5.32. The number of likely N-dealkylation sites (N-methyl/N-ethyl adjacent to an activating group) is 1. The Morgan fingerprint density at radius 2 is 2.00 bits per heavy atom. The fraction of sp³-hybridized carbons (Fsp3) is 0.529. The van der Waals surface area contributed by atoms with E-state index in [1.165, 1.54) is 27.6 Å². The number of hydrogen-bond donors (Lipinski definition) is 2. The fourth-order valence-corrected chi connectivity index (χ4v) is 3.33. The monoisotopic (exact) mass is 271 g/mol. The van der Waals surface area contributed by atoms with Gasteiger partial charge in [0, 0.05) is 42.8 Å². The molecule has 1 aliphatic heterocycles. The molecule has 1 aromatic carbocycles. The quantitative estimate of drug-likeness (QED) is 0.875. The SMILES string of the molecule is CCNC(C)Cc1cn(CC)c2cc3c(cc12)CNC3. The van der Waals surface area contributed by atoms with Gasteiger partial charge in [0.05, 0.1) is 0 Å². The minimum atomic E-state index is 0.530. The van der Waals surface area contributed by atoms with Crippen LogP contribution in [0, 0.1) is 0 Å². The van der Waals surface area contributed by atoms with Crippen LogP contribution in [0.2, 0.25) is 0 Å². The predicted octanol–water partition coefficient (Wildman–Crippen LogP) is 2.80. The van der Waals surface area contributed by atoms with E-state index in [4.69, 9.17) is 0 Å². The number of benzene rings is 1. The minimum Gasteiger partial charge on any atom is -0.347 e. The summed E-state index contributed by atoms with van der Waals surface area (Å²) in [7, 11) is 0. The fourth-order valence-electron chi connectivity index (χ4n) is 3.33. The van der Waals surface area contributed by atoms with Crippen molar-refractivity contribution in [2.45, 2.75) is 52.9 Å². The van der Waals surface area contributed by atoms with Gasteiger partial charge < -0.3 is 15.2 Å².